The van der Waals surface area contributed by atoms with E-state index in [-0.39, 0.29) is 6.23 Å². The maximum absolute atomic E-state index is 5.92. The number of hydrogen-bond donors (Lipinski definition) is 1. The molecule has 1 aromatic carbocycles. The third-order valence-corrected chi connectivity index (χ3v) is 3.49. The molecule has 0 bridgehead atoms. The lowest BCUT2D eigenvalue weighted by molar-refractivity contribution is 0.0535. The minimum absolute atomic E-state index is 0.0913. The van der Waals surface area contributed by atoms with Crippen LogP contribution in [0.5, 0.6) is 0 Å². The molecule has 0 radical (unpaired) electrons. The molecule has 2 rings (SSSR count). The minimum Gasteiger partial charge on any atom is -0.354 e. The van der Waals surface area contributed by atoms with E-state index in [4.69, 9.17) is 4.74 Å². The molecule has 0 amide bonds. The fourth-order valence-corrected chi connectivity index (χ4v) is 2.39. The van der Waals surface area contributed by atoms with Crippen LogP contribution in [-0.4, -0.2) is 24.2 Å². The first kappa shape index (κ1) is 11.0. The number of thioether (sulfide) groups is 1. The highest BCUT2D eigenvalue weighted by molar-refractivity contribution is 7.99. The van der Waals surface area contributed by atoms with E-state index in [1.165, 1.54) is 5.56 Å². The zero-order chi connectivity index (χ0) is 10.5. The van der Waals surface area contributed by atoms with E-state index in [9.17, 15) is 0 Å². The maximum Gasteiger partial charge on any atom is 0.134 e. The summed E-state index contributed by atoms with van der Waals surface area (Å²) in [6, 6.07) is 10.3. The molecular weight excluding hydrogens is 206 g/mol. The first-order valence-corrected chi connectivity index (χ1v) is 6.57. The Morgan fingerprint density at radius 2 is 2.20 bits per heavy atom. The van der Waals surface area contributed by atoms with Crippen molar-refractivity contribution in [1.82, 2.24) is 5.32 Å². The quantitative estimate of drug-likeness (QED) is 0.847. The minimum atomic E-state index is 0.0913. The molecular formula is C12H17NOS. The van der Waals surface area contributed by atoms with Crippen LogP contribution in [0.25, 0.3) is 0 Å². The van der Waals surface area contributed by atoms with Gasteiger partial charge in [0, 0.05) is 12.3 Å². The molecule has 0 saturated carbocycles. The van der Waals surface area contributed by atoms with Crippen molar-refractivity contribution in [2.45, 2.75) is 19.3 Å². The third kappa shape index (κ3) is 2.97. The maximum atomic E-state index is 5.92. The first-order valence-electron chi connectivity index (χ1n) is 5.41. The van der Waals surface area contributed by atoms with Crippen molar-refractivity contribution < 1.29 is 4.74 Å². The lowest BCUT2D eigenvalue weighted by Gasteiger charge is -2.12. The van der Waals surface area contributed by atoms with E-state index in [0.29, 0.717) is 6.10 Å². The molecule has 1 saturated heterocycles. The van der Waals surface area contributed by atoms with E-state index < -0.39 is 0 Å². The summed E-state index contributed by atoms with van der Waals surface area (Å²) in [6.07, 6.45) is 0.453. The second-order valence-electron chi connectivity index (χ2n) is 3.62. The van der Waals surface area contributed by atoms with Gasteiger partial charge >= 0.3 is 0 Å². The summed E-state index contributed by atoms with van der Waals surface area (Å²) < 4.78 is 5.92. The molecule has 1 aliphatic heterocycles. The van der Waals surface area contributed by atoms with E-state index in [2.05, 4.69) is 36.5 Å². The van der Waals surface area contributed by atoms with Gasteiger partial charge in [-0.3, -0.25) is 5.32 Å². The van der Waals surface area contributed by atoms with Crippen LogP contribution < -0.4 is 5.32 Å². The third-order valence-electron chi connectivity index (χ3n) is 2.47. The Labute approximate surface area is 95.4 Å². The van der Waals surface area contributed by atoms with Gasteiger partial charge < -0.3 is 4.74 Å². The normalized spacial score (nSPS) is 25.7. The summed E-state index contributed by atoms with van der Waals surface area (Å²) in [5, 5.41) is 3.40. The van der Waals surface area contributed by atoms with Crippen LogP contribution in [0, 0.1) is 0 Å². The smallest absolute Gasteiger partial charge is 0.134 e. The Kier molecular flexibility index (Phi) is 4.06. The summed E-state index contributed by atoms with van der Waals surface area (Å²) in [5.41, 5.74) is 1.22. The number of ether oxygens (including phenoxy) is 1. The summed E-state index contributed by atoms with van der Waals surface area (Å²) in [5.74, 6) is 2.25. The number of hydrogen-bond acceptors (Lipinski definition) is 3. The summed E-state index contributed by atoms with van der Waals surface area (Å²) in [4.78, 5) is 0. The molecule has 2 unspecified atom stereocenters. The molecule has 82 valence electrons. The van der Waals surface area contributed by atoms with E-state index in [1.807, 2.05) is 17.8 Å². The number of benzene rings is 1. The van der Waals surface area contributed by atoms with Gasteiger partial charge in [0.25, 0.3) is 0 Å². The summed E-state index contributed by atoms with van der Waals surface area (Å²) >= 11 is 1.94. The monoisotopic (exact) mass is 223 g/mol. The largest absolute Gasteiger partial charge is 0.354 e. The Balaban J connectivity index is 1.87. The molecule has 1 heterocycles. The second kappa shape index (κ2) is 5.54. The van der Waals surface area contributed by atoms with Gasteiger partial charge in [0.15, 0.2) is 0 Å². The van der Waals surface area contributed by atoms with Crippen molar-refractivity contribution >= 4 is 11.8 Å². The van der Waals surface area contributed by atoms with Gasteiger partial charge in [0.1, 0.15) is 6.23 Å². The van der Waals surface area contributed by atoms with Crippen LogP contribution >= 0.6 is 11.8 Å². The van der Waals surface area contributed by atoms with Crippen molar-refractivity contribution in [1.29, 1.82) is 0 Å². The Bertz CT molecular complexity index is 291. The zero-order valence-electron chi connectivity index (χ0n) is 8.98. The molecule has 0 spiro atoms. The molecule has 1 aliphatic rings. The molecule has 2 atom stereocenters. The van der Waals surface area contributed by atoms with Gasteiger partial charge in [-0.1, -0.05) is 37.3 Å². The van der Waals surface area contributed by atoms with Crippen LogP contribution in [0.2, 0.25) is 0 Å². The zero-order valence-corrected chi connectivity index (χ0v) is 9.80. The topological polar surface area (TPSA) is 21.3 Å². The Hall–Kier alpha value is -0.510. The molecule has 3 heteroatoms. The highest BCUT2D eigenvalue weighted by Gasteiger charge is 2.24. The van der Waals surface area contributed by atoms with Crippen LogP contribution in [0.1, 0.15) is 18.7 Å². The van der Waals surface area contributed by atoms with Gasteiger partial charge in [-0.15, -0.1) is 0 Å². The van der Waals surface area contributed by atoms with Gasteiger partial charge in [-0.05, 0) is 11.3 Å². The molecule has 1 N–H and O–H groups in total. The van der Waals surface area contributed by atoms with E-state index in [1.54, 1.807) is 0 Å². The molecule has 1 aromatic rings. The lowest BCUT2D eigenvalue weighted by atomic mass is 10.2. The molecule has 1 fully saturated rings. The molecule has 0 aliphatic carbocycles. The van der Waals surface area contributed by atoms with Crippen LogP contribution in [0.3, 0.4) is 0 Å². The van der Waals surface area contributed by atoms with Crippen LogP contribution in [0.15, 0.2) is 30.3 Å². The summed E-state index contributed by atoms with van der Waals surface area (Å²) in [6.45, 7) is 3.15. The fourth-order valence-electron chi connectivity index (χ4n) is 1.70. The highest BCUT2D eigenvalue weighted by Crippen LogP contribution is 2.22. The van der Waals surface area contributed by atoms with Crippen LogP contribution in [-0.2, 0) is 4.74 Å². The van der Waals surface area contributed by atoms with Gasteiger partial charge in [0.2, 0.25) is 0 Å². The highest BCUT2D eigenvalue weighted by atomic mass is 32.2. The predicted molar refractivity (Wildman–Crippen MR) is 65.1 cm³/mol. The first-order chi connectivity index (χ1) is 7.40. The lowest BCUT2D eigenvalue weighted by Crippen LogP contribution is -2.16. The fraction of sp³-hybridized carbons (Fsp3) is 0.500. The summed E-state index contributed by atoms with van der Waals surface area (Å²) in [7, 11) is 0. The SMILES string of the molecule is CCSCC1CNC(c2ccccc2)O1. The van der Waals surface area contributed by atoms with Crippen molar-refractivity contribution in [2.24, 2.45) is 0 Å². The van der Waals surface area contributed by atoms with Gasteiger partial charge in [-0.25, -0.2) is 0 Å². The van der Waals surface area contributed by atoms with E-state index >= 15 is 0 Å². The predicted octanol–water partition coefficient (Wildman–Crippen LogP) is 2.43. The Morgan fingerprint density at radius 1 is 1.40 bits per heavy atom. The second-order valence-corrected chi connectivity index (χ2v) is 4.94. The van der Waals surface area contributed by atoms with E-state index in [0.717, 1.165) is 18.1 Å². The number of nitrogens with one attached hydrogen (secondary N) is 1. The molecule has 15 heavy (non-hydrogen) atoms. The van der Waals surface area contributed by atoms with Crippen LogP contribution in [0.4, 0.5) is 0 Å². The van der Waals surface area contributed by atoms with Crippen molar-refractivity contribution in [2.75, 3.05) is 18.1 Å². The van der Waals surface area contributed by atoms with Gasteiger partial charge in [0.05, 0.1) is 6.10 Å². The molecule has 2 nitrogen and oxygen atoms in total. The molecule has 0 aromatic heterocycles. The average molecular weight is 223 g/mol. The average Bonchev–Trinajstić information content (AvgIpc) is 2.76. The Morgan fingerprint density at radius 3 is 2.93 bits per heavy atom. The van der Waals surface area contributed by atoms with Crippen molar-refractivity contribution in [3.8, 4) is 0 Å². The van der Waals surface area contributed by atoms with Crippen molar-refractivity contribution in [3.05, 3.63) is 35.9 Å². The number of rotatable bonds is 4. The van der Waals surface area contributed by atoms with Crippen molar-refractivity contribution in [3.63, 3.8) is 0 Å². The van der Waals surface area contributed by atoms with Gasteiger partial charge in [-0.2, -0.15) is 11.8 Å². The standard InChI is InChI=1S/C12H17NOS/c1-2-15-9-11-8-13-12(14-11)10-6-4-3-5-7-10/h3-7,11-13H,2,8-9H2,1H3.